The van der Waals surface area contributed by atoms with E-state index < -0.39 is 10.0 Å². The van der Waals surface area contributed by atoms with Gasteiger partial charge in [-0.05, 0) is 31.2 Å². The Morgan fingerprint density at radius 1 is 1.23 bits per heavy atom. The number of carbonyl (C=O) groups is 1. The van der Waals surface area contributed by atoms with Crippen molar-refractivity contribution < 1.29 is 17.9 Å². The predicted molar refractivity (Wildman–Crippen MR) is 120 cm³/mol. The predicted octanol–water partition coefficient (Wildman–Crippen LogP) is 3.03. The van der Waals surface area contributed by atoms with E-state index in [0.29, 0.717) is 43.1 Å². The van der Waals surface area contributed by atoms with E-state index in [2.05, 4.69) is 9.97 Å². The highest BCUT2D eigenvalue weighted by Gasteiger charge is 2.26. The number of fused-ring (bicyclic) bond motifs is 1. The molecule has 1 aliphatic rings. The van der Waals surface area contributed by atoms with Crippen LogP contribution in [-0.2, 0) is 10.0 Å². The van der Waals surface area contributed by atoms with Crippen molar-refractivity contribution in [3.05, 3.63) is 54.4 Å². The van der Waals surface area contributed by atoms with E-state index in [9.17, 15) is 13.2 Å². The minimum atomic E-state index is -3.33. The quantitative estimate of drug-likeness (QED) is 0.633. The topological polar surface area (TPSA) is 95.6 Å². The van der Waals surface area contributed by atoms with E-state index in [4.69, 9.17) is 4.74 Å². The minimum absolute atomic E-state index is 0.0254. The first kappa shape index (κ1) is 21.2. The monoisotopic (exact) mass is 442 g/mol. The molecule has 9 heteroatoms. The Labute approximate surface area is 181 Å². The molecule has 1 aromatic carbocycles. The fraction of sp³-hybridized carbons (Fsp3) is 0.364. The highest BCUT2D eigenvalue weighted by atomic mass is 32.2. The van der Waals surface area contributed by atoms with E-state index in [1.165, 1.54) is 17.5 Å². The van der Waals surface area contributed by atoms with Crippen LogP contribution < -0.4 is 9.04 Å². The molecule has 4 rings (SSSR count). The van der Waals surface area contributed by atoms with Gasteiger partial charge in [-0.2, -0.15) is 0 Å². The van der Waals surface area contributed by atoms with Crippen molar-refractivity contribution in [1.29, 1.82) is 0 Å². The number of piperidine rings is 1. The molecular formula is C22H26N4O4S. The molecule has 0 aliphatic carbocycles. The zero-order chi connectivity index (χ0) is 22.0. The molecular weight excluding hydrogens is 416 g/mol. The molecule has 164 valence electrons. The molecule has 0 radical (unpaired) electrons. The van der Waals surface area contributed by atoms with Crippen LogP contribution in [0.1, 0.15) is 30.1 Å². The molecule has 0 unspecified atom stereocenters. The van der Waals surface area contributed by atoms with Crippen molar-refractivity contribution in [1.82, 2.24) is 14.9 Å². The highest BCUT2D eigenvalue weighted by Crippen LogP contribution is 2.24. The normalized spacial score (nSPS) is 15.2. The number of hydrogen-bond donors (Lipinski definition) is 1. The summed E-state index contributed by atoms with van der Waals surface area (Å²) in [6, 6.07) is 11.0. The van der Waals surface area contributed by atoms with Crippen LogP contribution in [0.25, 0.3) is 10.9 Å². The van der Waals surface area contributed by atoms with Crippen LogP contribution in [0.5, 0.6) is 5.88 Å². The van der Waals surface area contributed by atoms with Gasteiger partial charge in [0.25, 0.3) is 5.91 Å². The lowest BCUT2D eigenvalue weighted by atomic mass is 10.0. The van der Waals surface area contributed by atoms with Gasteiger partial charge in [0.1, 0.15) is 6.10 Å². The molecule has 1 aliphatic heterocycles. The molecule has 0 bridgehead atoms. The number of nitrogens with zero attached hydrogens (tertiary/aromatic N) is 3. The number of benzene rings is 1. The number of aromatic nitrogens is 2. The average molecular weight is 443 g/mol. The first-order valence-electron chi connectivity index (χ1n) is 10.3. The number of anilines is 1. The van der Waals surface area contributed by atoms with Gasteiger partial charge >= 0.3 is 0 Å². The van der Waals surface area contributed by atoms with Gasteiger partial charge < -0.3 is 14.6 Å². The zero-order valence-electron chi connectivity index (χ0n) is 17.6. The number of amides is 1. The van der Waals surface area contributed by atoms with Crippen LogP contribution in [0.2, 0.25) is 0 Å². The Bertz CT molecular complexity index is 1170. The maximum atomic E-state index is 13.0. The van der Waals surface area contributed by atoms with Gasteiger partial charge in [-0.25, -0.2) is 13.4 Å². The first-order valence-corrected chi connectivity index (χ1v) is 11.9. The summed E-state index contributed by atoms with van der Waals surface area (Å²) < 4.78 is 31.2. The molecule has 0 spiro atoms. The number of rotatable bonds is 6. The smallest absolute Gasteiger partial charge is 0.254 e. The second-order valence-electron chi connectivity index (χ2n) is 7.58. The van der Waals surface area contributed by atoms with E-state index in [1.54, 1.807) is 19.1 Å². The minimum Gasteiger partial charge on any atom is -0.474 e. The molecule has 3 aromatic rings. The molecule has 2 aromatic heterocycles. The van der Waals surface area contributed by atoms with Crippen molar-refractivity contribution in [3.8, 4) is 5.88 Å². The van der Waals surface area contributed by atoms with Gasteiger partial charge in [-0.1, -0.05) is 6.07 Å². The van der Waals surface area contributed by atoms with E-state index in [0.717, 1.165) is 10.9 Å². The number of ether oxygens (including phenoxy) is 1. The number of pyridine rings is 1. The number of H-pyrrole nitrogens is 1. The lowest BCUT2D eigenvalue weighted by Crippen LogP contribution is -2.41. The average Bonchev–Trinajstić information content (AvgIpc) is 3.28. The Hall–Kier alpha value is -3.07. The molecule has 8 nitrogen and oxygen atoms in total. The van der Waals surface area contributed by atoms with Crippen molar-refractivity contribution >= 4 is 32.5 Å². The Morgan fingerprint density at radius 3 is 2.68 bits per heavy atom. The Kier molecular flexibility index (Phi) is 5.86. The maximum Gasteiger partial charge on any atom is 0.254 e. The molecule has 1 N–H and O–H groups in total. The van der Waals surface area contributed by atoms with E-state index in [1.807, 2.05) is 35.4 Å². The van der Waals surface area contributed by atoms with Gasteiger partial charge in [-0.15, -0.1) is 0 Å². The number of likely N-dealkylation sites (tertiary alicyclic amines) is 1. The molecule has 3 heterocycles. The summed E-state index contributed by atoms with van der Waals surface area (Å²) >= 11 is 0. The van der Waals surface area contributed by atoms with Gasteiger partial charge in [0.2, 0.25) is 15.9 Å². The number of aromatic amines is 1. The second-order valence-corrected chi connectivity index (χ2v) is 9.87. The van der Waals surface area contributed by atoms with Crippen LogP contribution >= 0.6 is 0 Å². The highest BCUT2D eigenvalue weighted by molar-refractivity contribution is 7.92. The Balaban J connectivity index is 1.35. The third kappa shape index (κ3) is 4.36. The molecule has 31 heavy (non-hydrogen) atoms. The Morgan fingerprint density at radius 2 is 2.00 bits per heavy atom. The maximum absolute atomic E-state index is 13.0. The summed E-state index contributed by atoms with van der Waals surface area (Å²) in [4.78, 5) is 22.3. The van der Waals surface area contributed by atoms with Crippen molar-refractivity contribution in [2.75, 3.05) is 30.2 Å². The zero-order valence-corrected chi connectivity index (χ0v) is 18.4. The fourth-order valence-corrected chi connectivity index (χ4v) is 4.59. The second kappa shape index (κ2) is 8.58. The molecule has 1 saturated heterocycles. The van der Waals surface area contributed by atoms with Gasteiger partial charge in [0.15, 0.2) is 0 Å². The molecule has 1 amide bonds. The summed E-state index contributed by atoms with van der Waals surface area (Å²) in [7, 11) is -1.81. The summed E-state index contributed by atoms with van der Waals surface area (Å²) in [5.74, 6) is 0.511. The third-order valence-electron chi connectivity index (χ3n) is 5.71. The SMILES string of the molecule is CCS(=O)(=O)N(C)c1ccc(OC2CCN(C(=O)c3cccc4[nH]ccc34)CC2)nc1. The van der Waals surface area contributed by atoms with E-state index >= 15 is 0 Å². The first-order chi connectivity index (χ1) is 14.9. The standard InChI is InChI=1S/C22H26N4O4S/c1-3-31(28,29)25(2)16-7-8-21(24-15-16)30-17-10-13-26(14-11-17)22(27)19-5-4-6-20-18(19)9-12-23-20/h4-9,12,15,17,23H,3,10-11,13-14H2,1-2H3. The number of nitrogens with one attached hydrogen (secondary N) is 1. The third-order valence-corrected chi connectivity index (χ3v) is 7.48. The van der Waals surface area contributed by atoms with Crippen molar-refractivity contribution in [3.63, 3.8) is 0 Å². The molecule has 0 atom stereocenters. The van der Waals surface area contributed by atoms with Crippen molar-refractivity contribution in [2.24, 2.45) is 0 Å². The number of hydrogen-bond acceptors (Lipinski definition) is 5. The number of carbonyl (C=O) groups excluding carboxylic acids is 1. The molecule has 0 saturated carbocycles. The summed E-state index contributed by atoms with van der Waals surface area (Å²) in [6.07, 6.45) is 4.72. The number of sulfonamides is 1. The van der Waals surface area contributed by atoms with Crippen LogP contribution in [0.3, 0.4) is 0 Å². The lowest BCUT2D eigenvalue weighted by Gasteiger charge is -2.32. The fourth-order valence-electron chi connectivity index (χ4n) is 3.77. The van der Waals surface area contributed by atoms with Gasteiger partial charge in [-0.3, -0.25) is 9.10 Å². The summed E-state index contributed by atoms with van der Waals surface area (Å²) in [5, 5.41) is 0.935. The van der Waals surface area contributed by atoms with Crippen LogP contribution in [0.4, 0.5) is 5.69 Å². The van der Waals surface area contributed by atoms with Crippen LogP contribution in [0.15, 0.2) is 48.8 Å². The van der Waals surface area contributed by atoms with Crippen LogP contribution in [0, 0.1) is 0 Å². The van der Waals surface area contributed by atoms with Gasteiger partial charge in [0, 0.05) is 61.7 Å². The van der Waals surface area contributed by atoms with Crippen LogP contribution in [-0.4, -0.2) is 61.2 Å². The summed E-state index contributed by atoms with van der Waals surface area (Å²) in [6.45, 7) is 2.83. The summed E-state index contributed by atoms with van der Waals surface area (Å²) in [5.41, 5.74) is 2.16. The molecule has 1 fully saturated rings. The van der Waals surface area contributed by atoms with Crippen molar-refractivity contribution in [2.45, 2.75) is 25.9 Å². The largest absolute Gasteiger partial charge is 0.474 e. The van der Waals surface area contributed by atoms with E-state index in [-0.39, 0.29) is 17.8 Å². The lowest BCUT2D eigenvalue weighted by molar-refractivity contribution is 0.0589. The van der Waals surface area contributed by atoms with Gasteiger partial charge in [0.05, 0.1) is 17.6 Å².